The minimum Gasteiger partial charge on any atom is -0.417 e. The van der Waals surface area contributed by atoms with E-state index >= 15 is 0 Å². The van der Waals surface area contributed by atoms with Crippen molar-refractivity contribution in [3.63, 3.8) is 0 Å². The Morgan fingerprint density at radius 1 is 1.11 bits per heavy atom. The molecule has 0 radical (unpaired) electrons. The molecule has 98 valence electrons. The van der Waals surface area contributed by atoms with Gasteiger partial charge in [0.1, 0.15) is 17.8 Å². The fourth-order valence-electron chi connectivity index (χ4n) is 1.66. The van der Waals surface area contributed by atoms with Crippen molar-refractivity contribution in [1.29, 1.82) is 0 Å². The van der Waals surface area contributed by atoms with Crippen LogP contribution in [0.25, 0.3) is 11.1 Å². The molecule has 5 heteroatoms. The number of hydrogen-bond donors (Lipinski definition) is 2. The molecule has 0 aromatic heterocycles. The van der Waals surface area contributed by atoms with Gasteiger partial charge in [-0.1, -0.05) is 12.1 Å². The maximum atomic E-state index is 11.0. The first-order valence-electron chi connectivity index (χ1n) is 5.67. The summed E-state index contributed by atoms with van der Waals surface area (Å²) in [6.45, 7) is 1.45. The minimum absolute atomic E-state index is 0.115. The van der Waals surface area contributed by atoms with Crippen molar-refractivity contribution in [2.45, 2.75) is 6.92 Å². The summed E-state index contributed by atoms with van der Waals surface area (Å²) in [6.07, 6.45) is 0. The van der Waals surface area contributed by atoms with E-state index in [2.05, 4.69) is 0 Å². The van der Waals surface area contributed by atoms with Gasteiger partial charge in [0.15, 0.2) is 0 Å². The van der Waals surface area contributed by atoms with Crippen LogP contribution in [0.15, 0.2) is 42.5 Å². The molecule has 2 aromatic rings. The zero-order valence-corrected chi connectivity index (χ0v) is 11.2. The predicted molar refractivity (Wildman–Crippen MR) is 79.6 cm³/mol. The molecule has 0 aliphatic rings. The summed E-state index contributed by atoms with van der Waals surface area (Å²) < 4.78 is 5.42. The molecule has 0 unspecified atom stereocenters. The van der Waals surface area contributed by atoms with Crippen LogP contribution in [0.1, 0.15) is 6.92 Å². The summed E-state index contributed by atoms with van der Waals surface area (Å²) >= 11 is 0.792. The van der Waals surface area contributed by atoms with Gasteiger partial charge in [0.25, 0.3) is 0 Å². The fourth-order valence-corrected chi connectivity index (χ4v) is 2.01. The molecule has 0 spiro atoms. The highest BCUT2D eigenvalue weighted by Gasteiger charge is 2.09. The van der Waals surface area contributed by atoms with Gasteiger partial charge in [-0.05, 0) is 35.9 Å². The number of carbonyl (C=O) groups is 1. The third-order valence-electron chi connectivity index (χ3n) is 2.45. The van der Waals surface area contributed by atoms with E-state index in [1.54, 1.807) is 24.3 Å². The van der Waals surface area contributed by atoms with Gasteiger partial charge in [-0.25, -0.2) is 0 Å². The Hall–Kier alpha value is -2.14. The molecule has 4 N–H and O–H groups in total. The Balaban J connectivity index is 2.42. The molecular weight excluding hydrogens is 260 g/mol. The lowest BCUT2D eigenvalue weighted by Gasteiger charge is -2.10. The van der Waals surface area contributed by atoms with Gasteiger partial charge in [0.05, 0.1) is 0 Å². The highest BCUT2D eigenvalue weighted by Crippen LogP contribution is 2.34. The maximum absolute atomic E-state index is 11.0. The molecular formula is C14H14N2O2S. The Labute approximate surface area is 116 Å². The van der Waals surface area contributed by atoms with Crippen LogP contribution < -0.4 is 15.7 Å². The first-order chi connectivity index (χ1) is 9.06. The standard InChI is InChI=1S/C14H14N2O2S/c1-9(17)19-18-14-6-5-12(16)8-13(14)10-3-2-4-11(15)7-10/h2-8H,15-16H2,1H3. The first kappa shape index (κ1) is 13.3. The lowest BCUT2D eigenvalue weighted by Crippen LogP contribution is -1.93. The number of carbonyl (C=O) groups excluding carboxylic acids is 1. The molecule has 0 saturated heterocycles. The van der Waals surface area contributed by atoms with Crippen LogP contribution in [0.4, 0.5) is 11.4 Å². The third-order valence-corrected chi connectivity index (χ3v) is 2.95. The quantitative estimate of drug-likeness (QED) is 0.664. The van der Waals surface area contributed by atoms with Crippen molar-refractivity contribution in [3.05, 3.63) is 42.5 Å². The normalized spacial score (nSPS) is 10.2. The average molecular weight is 274 g/mol. The van der Waals surface area contributed by atoms with Crippen molar-refractivity contribution in [2.24, 2.45) is 0 Å². The number of nitrogens with two attached hydrogens (primary N) is 2. The van der Waals surface area contributed by atoms with Gasteiger partial charge in [0, 0.05) is 23.9 Å². The van der Waals surface area contributed by atoms with Crippen LogP contribution in [-0.4, -0.2) is 5.12 Å². The van der Waals surface area contributed by atoms with Gasteiger partial charge in [-0.3, -0.25) is 4.79 Å². The van der Waals surface area contributed by atoms with E-state index in [9.17, 15) is 4.79 Å². The Bertz CT molecular complexity index is 614. The second kappa shape index (κ2) is 5.67. The largest absolute Gasteiger partial charge is 0.417 e. The molecule has 0 saturated carbocycles. The van der Waals surface area contributed by atoms with Crippen molar-refractivity contribution < 1.29 is 8.98 Å². The van der Waals surface area contributed by atoms with Gasteiger partial charge >= 0.3 is 0 Å². The van der Waals surface area contributed by atoms with Crippen molar-refractivity contribution >= 4 is 28.5 Å². The SMILES string of the molecule is CC(=O)SOc1ccc(N)cc1-c1cccc(N)c1. The first-order valence-corrected chi connectivity index (χ1v) is 6.41. The molecule has 0 bridgehead atoms. The lowest BCUT2D eigenvalue weighted by molar-refractivity contribution is -0.109. The number of rotatable bonds is 3. The number of anilines is 2. The average Bonchev–Trinajstić information content (AvgIpc) is 2.37. The summed E-state index contributed by atoms with van der Waals surface area (Å²) in [4.78, 5) is 11.0. The lowest BCUT2D eigenvalue weighted by atomic mass is 10.0. The highest BCUT2D eigenvalue weighted by atomic mass is 32.2. The van der Waals surface area contributed by atoms with E-state index in [1.807, 2.05) is 18.2 Å². The summed E-state index contributed by atoms with van der Waals surface area (Å²) in [6, 6.07) is 12.7. The van der Waals surface area contributed by atoms with Gasteiger partial charge < -0.3 is 15.7 Å². The van der Waals surface area contributed by atoms with Gasteiger partial charge in [0.2, 0.25) is 5.12 Å². The maximum Gasteiger partial charge on any atom is 0.224 e. The highest BCUT2D eigenvalue weighted by molar-refractivity contribution is 8.09. The minimum atomic E-state index is -0.115. The molecule has 19 heavy (non-hydrogen) atoms. The monoisotopic (exact) mass is 274 g/mol. The second-order valence-electron chi connectivity index (χ2n) is 4.04. The molecule has 4 nitrogen and oxygen atoms in total. The van der Waals surface area contributed by atoms with Gasteiger partial charge in [-0.15, -0.1) is 0 Å². The molecule has 0 aliphatic carbocycles. The molecule has 0 atom stereocenters. The molecule has 0 aliphatic heterocycles. The fraction of sp³-hybridized carbons (Fsp3) is 0.0714. The van der Waals surface area contributed by atoms with Crippen molar-refractivity contribution in [3.8, 4) is 16.9 Å². The molecule has 2 rings (SSSR count). The summed E-state index contributed by atoms with van der Waals surface area (Å²) in [7, 11) is 0. The molecule has 0 fully saturated rings. The Morgan fingerprint density at radius 2 is 1.84 bits per heavy atom. The Kier molecular flexibility index (Phi) is 3.97. The van der Waals surface area contributed by atoms with Crippen LogP contribution in [0.5, 0.6) is 5.75 Å². The van der Waals surface area contributed by atoms with E-state index in [-0.39, 0.29) is 5.12 Å². The van der Waals surface area contributed by atoms with Crippen LogP contribution in [0.2, 0.25) is 0 Å². The van der Waals surface area contributed by atoms with Crippen LogP contribution in [-0.2, 0) is 4.79 Å². The second-order valence-corrected chi connectivity index (χ2v) is 4.95. The van der Waals surface area contributed by atoms with E-state index in [0.717, 1.165) is 23.2 Å². The summed E-state index contributed by atoms with van der Waals surface area (Å²) in [5.74, 6) is 0.583. The van der Waals surface area contributed by atoms with Crippen LogP contribution in [0, 0.1) is 0 Å². The van der Waals surface area contributed by atoms with E-state index in [0.29, 0.717) is 17.1 Å². The van der Waals surface area contributed by atoms with Crippen molar-refractivity contribution in [2.75, 3.05) is 11.5 Å². The number of nitrogen functional groups attached to an aromatic ring is 2. The zero-order valence-electron chi connectivity index (χ0n) is 10.4. The van der Waals surface area contributed by atoms with Crippen LogP contribution >= 0.6 is 12.0 Å². The van der Waals surface area contributed by atoms with Crippen LogP contribution in [0.3, 0.4) is 0 Å². The third kappa shape index (κ3) is 3.42. The predicted octanol–water partition coefficient (Wildman–Crippen LogP) is 3.09. The van der Waals surface area contributed by atoms with Crippen molar-refractivity contribution in [1.82, 2.24) is 0 Å². The smallest absolute Gasteiger partial charge is 0.224 e. The zero-order chi connectivity index (χ0) is 13.8. The van der Waals surface area contributed by atoms with E-state index < -0.39 is 0 Å². The summed E-state index contributed by atoms with van der Waals surface area (Å²) in [5.41, 5.74) is 14.6. The number of benzene rings is 2. The summed E-state index contributed by atoms with van der Waals surface area (Å²) in [5, 5.41) is -0.115. The van der Waals surface area contributed by atoms with Gasteiger partial charge in [-0.2, -0.15) is 0 Å². The number of hydrogen-bond acceptors (Lipinski definition) is 5. The molecule has 0 amide bonds. The topological polar surface area (TPSA) is 78.3 Å². The van der Waals surface area contributed by atoms with E-state index in [4.69, 9.17) is 15.7 Å². The Morgan fingerprint density at radius 3 is 2.53 bits per heavy atom. The molecule has 2 aromatic carbocycles. The van der Waals surface area contributed by atoms with E-state index in [1.165, 1.54) is 6.92 Å². The molecule has 0 heterocycles.